The molecule has 0 atom stereocenters. The van der Waals surface area contributed by atoms with Crippen LogP contribution in [0.5, 0.6) is 0 Å². The summed E-state index contributed by atoms with van der Waals surface area (Å²) >= 11 is 0. The van der Waals surface area contributed by atoms with Crippen LogP contribution in [0.4, 0.5) is 51.2 Å². The molecule has 31 aromatic rings. The molecule has 9 heteroatoms. The summed E-state index contributed by atoms with van der Waals surface area (Å²) in [6.07, 6.45) is 0. The number of aromatic nitrogens is 3. The van der Waals surface area contributed by atoms with E-state index in [9.17, 15) is 0 Å². The molecule has 0 saturated carbocycles. The summed E-state index contributed by atoms with van der Waals surface area (Å²) in [7, 11) is 0. The van der Waals surface area contributed by atoms with Gasteiger partial charge in [-0.1, -0.05) is 353 Å². The van der Waals surface area contributed by atoms with E-state index in [4.69, 9.17) is 13.3 Å². The van der Waals surface area contributed by atoms with Crippen LogP contribution in [0.2, 0.25) is 0 Å². The van der Waals surface area contributed by atoms with Gasteiger partial charge in [-0.3, -0.25) is 0 Å². The Hall–Kier alpha value is -20.0. The number of hydrogen-bond acceptors (Lipinski definition) is 6. The van der Waals surface area contributed by atoms with Gasteiger partial charge >= 0.3 is 0 Å². The smallest absolute Gasteiger partial charge is 0.143 e. The summed E-state index contributed by atoms with van der Waals surface area (Å²) in [5.41, 5.74) is 30.6. The number of rotatable bonds is 14. The van der Waals surface area contributed by atoms with E-state index >= 15 is 0 Å². The number of anilines is 9. The van der Waals surface area contributed by atoms with Gasteiger partial charge in [0.05, 0.1) is 44.5 Å². The molecular formula is C141H94N6O3. The molecule has 0 bridgehead atoms. The Labute approximate surface area is 864 Å². The van der Waals surface area contributed by atoms with E-state index in [2.05, 4.69) is 574 Å². The Balaban J connectivity index is 0.000000108. The molecule has 0 unspecified atom stereocenters. The fourth-order valence-electron chi connectivity index (χ4n) is 23.2. The van der Waals surface area contributed by atoms with Crippen LogP contribution in [-0.4, -0.2) is 13.7 Å². The molecule has 0 fully saturated rings. The number of nitrogens with zero attached hydrogens (tertiary/aromatic N) is 6. The maximum Gasteiger partial charge on any atom is 0.143 e. The normalized spacial score (nSPS) is 11.7. The molecule has 0 spiro atoms. The van der Waals surface area contributed by atoms with Gasteiger partial charge in [0.1, 0.15) is 33.5 Å². The fourth-order valence-corrected chi connectivity index (χ4v) is 23.2. The first-order valence-electron chi connectivity index (χ1n) is 50.8. The van der Waals surface area contributed by atoms with E-state index in [1.807, 2.05) is 0 Å². The lowest BCUT2D eigenvalue weighted by molar-refractivity contribution is 0.672. The second-order valence-electron chi connectivity index (χ2n) is 38.5. The highest BCUT2D eigenvalue weighted by atomic mass is 16.3. The second kappa shape index (κ2) is 36.4. The molecule has 25 aromatic carbocycles. The highest BCUT2D eigenvalue weighted by molar-refractivity contribution is 6.21. The molecular weight excluding hydrogens is 1830 g/mol. The van der Waals surface area contributed by atoms with Crippen molar-refractivity contribution in [2.24, 2.45) is 0 Å². The van der Waals surface area contributed by atoms with Gasteiger partial charge in [0.15, 0.2) is 0 Å². The van der Waals surface area contributed by atoms with Gasteiger partial charge < -0.3 is 41.7 Å². The lowest BCUT2D eigenvalue weighted by Crippen LogP contribution is -2.11. The van der Waals surface area contributed by atoms with Crippen molar-refractivity contribution in [1.29, 1.82) is 0 Å². The quantitative estimate of drug-likeness (QED) is 0.108. The Morgan fingerprint density at radius 1 is 0.140 bits per heavy atom. The number of para-hydroxylation sites is 6. The van der Waals surface area contributed by atoms with Crippen molar-refractivity contribution in [3.05, 3.63) is 546 Å². The average molecular weight is 1920 g/mol. The first-order valence-corrected chi connectivity index (χ1v) is 50.8. The monoisotopic (exact) mass is 1920 g/mol. The van der Waals surface area contributed by atoms with E-state index in [1.54, 1.807) is 0 Å². The molecule has 0 saturated heterocycles. The molecule has 0 aliphatic rings. The van der Waals surface area contributed by atoms with E-state index in [1.165, 1.54) is 125 Å². The molecule has 9 nitrogen and oxygen atoms in total. The van der Waals surface area contributed by atoms with Crippen LogP contribution in [0.3, 0.4) is 0 Å². The highest BCUT2D eigenvalue weighted by Crippen LogP contribution is 2.50. The molecule has 150 heavy (non-hydrogen) atoms. The van der Waals surface area contributed by atoms with Crippen LogP contribution in [0.1, 0.15) is 7.43 Å². The number of hydrogen-bond donors (Lipinski definition) is 0. The highest BCUT2D eigenvalue weighted by Gasteiger charge is 2.26. The summed E-state index contributed by atoms with van der Waals surface area (Å²) in [6.45, 7) is 0. The third kappa shape index (κ3) is 14.8. The average Bonchev–Trinajstić information content (AvgIpc) is 1.62. The zero-order chi connectivity index (χ0) is 98.1. The van der Waals surface area contributed by atoms with Crippen molar-refractivity contribution in [3.8, 4) is 39.3 Å². The Morgan fingerprint density at radius 2 is 0.387 bits per heavy atom. The molecule has 6 aromatic heterocycles. The Morgan fingerprint density at radius 3 is 0.753 bits per heavy atom. The topological polar surface area (TPSA) is 63.9 Å². The first-order chi connectivity index (χ1) is 73.9. The zero-order valence-corrected chi connectivity index (χ0v) is 80.9. The van der Waals surface area contributed by atoms with Gasteiger partial charge in [-0.2, -0.15) is 0 Å². The van der Waals surface area contributed by atoms with Crippen LogP contribution < -0.4 is 14.7 Å². The van der Waals surface area contributed by atoms with Crippen molar-refractivity contribution in [1.82, 2.24) is 13.7 Å². The minimum Gasteiger partial charge on any atom is -0.455 e. The van der Waals surface area contributed by atoms with Crippen molar-refractivity contribution in [2.75, 3.05) is 14.7 Å². The van der Waals surface area contributed by atoms with Crippen LogP contribution in [0.25, 0.3) is 224 Å². The van der Waals surface area contributed by atoms with Gasteiger partial charge in [-0.15, -0.1) is 0 Å². The van der Waals surface area contributed by atoms with Gasteiger partial charge in [-0.25, -0.2) is 0 Å². The molecule has 6 heterocycles. The zero-order valence-electron chi connectivity index (χ0n) is 80.9. The van der Waals surface area contributed by atoms with Crippen LogP contribution in [-0.2, 0) is 0 Å². The number of benzene rings is 25. The first kappa shape index (κ1) is 87.8. The maximum atomic E-state index is 6.51. The Kier molecular flexibility index (Phi) is 21.3. The minimum atomic E-state index is 0. The van der Waals surface area contributed by atoms with Crippen molar-refractivity contribution in [2.45, 2.75) is 7.43 Å². The number of fused-ring (bicyclic) bond motifs is 26. The third-order valence-corrected chi connectivity index (χ3v) is 30.1. The fraction of sp³-hybridized carbons (Fsp3) is 0.00709. The Bertz CT molecular complexity index is 10600. The van der Waals surface area contributed by atoms with Gasteiger partial charge in [0.25, 0.3) is 0 Å². The molecule has 0 N–H and O–H groups in total. The lowest BCUT2D eigenvalue weighted by atomic mass is 10.0. The molecule has 706 valence electrons. The molecule has 0 amide bonds. The molecule has 0 aliphatic carbocycles. The predicted molar refractivity (Wildman–Crippen MR) is 633 cm³/mol. The standard InChI is InChI=1S/C50H32N2O.C46H30N2O.C44H28N2O.CH4/c1-3-13-40-35(10-1)12-9-19-46(40)51(39-29-31-49-45(32-39)44-30-24-36-11-2-4-14-41(36)50(44)53-49)37-25-20-33(21-26-37)34-22-27-38(28-23-34)52-47-17-7-5-15-42(47)43-16-6-8-18-48(43)52;1-2-10-31(11-3-1)32-18-21-34(22-19-32)47(37-27-29-45-42(30-37)41-28-20-33-12-4-5-13-38(33)46(41)49-45)35-23-25-36(26-24-35)48-43-16-8-6-14-39(43)40-15-7-9-17-44(40)48;1-3-16-34-29(11-1)13-9-22-40(34)45(33-24-26-43-39(28-33)38-25-23-30-12-2-4-17-35(30)44(38)47-43)31-14-10-15-32(27-31)46-41-20-7-5-18-36(41)37-19-6-8-21-42(37)46;/h1-32H;1-30H;1-28H;1H4. The SMILES string of the molecule is C.c1cc(N(c2ccc3oc4c5ccccc5ccc4c3c2)c2cccc3ccccc23)cc(-n2c3ccccc3c3ccccc32)c1.c1ccc(-c2ccc(N(c3ccc(-n4c5ccccc5c5ccccc54)cc3)c3ccc4oc5c6ccccc6ccc5c4c3)cc2)cc1.c1ccc2c(N(c3ccc(-c4ccc(-n5c6ccccc6c6ccccc65)cc4)cc3)c3ccc4oc5c6ccccc6ccc5c4c3)cccc2c1. The van der Waals surface area contributed by atoms with Crippen molar-refractivity contribution < 1.29 is 13.3 Å². The van der Waals surface area contributed by atoms with Gasteiger partial charge in [-0.05, 0) is 249 Å². The predicted octanol–water partition coefficient (Wildman–Crippen LogP) is 40.2. The van der Waals surface area contributed by atoms with E-state index in [-0.39, 0.29) is 7.43 Å². The minimum absolute atomic E-state index is 0. The summed E-state index contributed by atoms with van der Waals surface area (Å²) in [5.74, 6) is 0. The molecule has 0 radical (unpaired) electrons. The second-order valence-corrected chi connectivity index (χ2v) is 38.5. The third-order valence-electron chi connectivity index (χ3n) is 30.1. The van der Waals surface area contributed by atoms with Gasteiger partial charge in [0.2, 0.25) is 0 Å². The van der Waals surface area contributed by atoms with Crippen LogP contribution in [0, 0.1) is 0 Å². The van der Waals surface area contributed by atoms with E-state index < -0.39 is 0 Å². The largest absolute Gasteiger partial charge is 0.455 e. The lowest BCUT2D eigenvalue weighted by Gasteiger charge is -2.27. The summed E-state index contributed by atoms with van der Waals surface area (Å²) in [4.78, 5) is 7.10. The number of furan rings is 3. The summed E-state index contributed by atoms with van der Waals surface area (Å²) in [6, 6.07) is 196. The van der Waals surface area contributed by atoms with Crippen molar-refractivity contribution >= 4 is 236 Å². The molecule has 31 rings (SSSR count). The van der Waals surface area contributed by atoms with Crippen LogP contribution >= 0.6 is 0 Å². The van der Waals surface area contributed by atoms with Crippen LogP contribution in [0.15, 0.2) is 559 Å². The van der Waals surface area contributed by atoms with Gasteiger partial charge in [0, 0.05) is 148 Å². The maximum absolute atomic E-state index is 6.51. The summed E-state index contributed by atoms with van der Waals surface area (Å²) < 4.78 is 26.6. The van der Waals surface area contributed by atoms with Crippen molar-refractivity contribution in [3.63, 3.8) is 0 Å². The van der Waals surface area contributed by atoms with E-state index in [0.29, 0.717) is 0 Å². The van der Waals surface area contributed by atoms with E-state index in [0.717, 1.165) is 150 Å². The summed E-state index contributed by atoms with van der Waals surface area (Å²) in [5, 5.41) is 26.0. The molecule has 0 aliphatic heterocycles.